The number of nitrogens with zero attached hydrogens (tertiary/aromatic N) is 1. The lowest BCUT2D eigenvalue weighted by molar-refractivity contribution is -0.124. The topological polar surface area (TPSA) is 70.7 Å². The minimum atomic E-state index is -0.549. The van der Waals surface area contributed by atoms with E-state index in [9.17, 15) is 9.59 Å². The van der Waals surface area contributed by atoms with Gasteiger partial charge < -0.3 is 15.4 Å². The molecular formula is C21H33N3O3. The summed E-state index contributed by atoms with van der Waals surface area (Å²) in [4.78, 5) is 27.4. The maximum atomic E-state index is 12.6. The molecule has 1 aromatic rings. The third-order valence-corrected chi connectivity index (χ3v) is 4.91. The second-order valence-electron chi connectivity index (χ2n) is 7.72. The van der Waals surface area contributed by atoms with Crippen LogP contribution in [-0.2, 0) is 9.53 Å². The Morgan fingerprint density at radius 3 is 2.26 bits per heavy atom. The molecule has 0 spiro atoms. The van der Waals surface area contributed by atoms with Crippen LogP contribution in [0.3, 0.4) is 0 Å². The van der Waals surface area contributed by atoms with Crippen molar-refractivity contribution in [2.24, 2.45) is 5.92 Å². The zero-order valence-electron chi connectivity index (χ0n) is 17.0. The highest BCUT2D eigenvalue weighted by Gasteiger charge is 2.24. The van der Waals surface area contributed by atoms with E-state index in [0.717, 1.165) is 32.8 Å². The summed E-state index contributed by atoms with van der Waals surface area (Å²) in [6, 6.07) is 7.02. The van der Waals surface area contributed by atoms with Crippen LogP contribution in [0.5, 0.6) is 0 Å². The van der Waals surface area contributed by atoms with E-state index >= 15 is 0 Å². The number of ether oxygens (including phenoxy) is 1. The Balaban J connectivity index is 1.87. The number of hydrogen-bond acceptors (Lipinski definition) is 4. The van der Waals surface area contributed by atoms with Crippen molar-refractivity contribution in [3.8, 4) is 0 Å². The van der Waals surface area contributed by atoms with E-state index in [0.29, 0.717) is 18.0 Å². The molecule has 0 radical (unpaired) electrons. The summed E-state index contributed by atoms with van der Waals surface area (Å²) < 4.78 is 5.33. The summed E-state index contributed by atoms with van der Waals surface area (Å²) in [5.74, 6) is 0.0767. The van der Waals surface area contributed by atoms with Gasteiger partial charge in [-0.1, -0.05) is 39.8 Å². The Bertz CT molecular complexity index is 608. The Kier molecular flexibility index (Phi) is 8.25. The van der Waals surface area contributed by atoms with Gasteiger partial charge in [0.05, 0.1) is 13.2 Å². The summed E-state index contributed by atoms with van der Waals surface area (Å²) in [5.41, 5.74) is 1.76. The largest absolute Gasteiger partial charge is 0.379 e. The molecule has 1 aliphatic heterocycles. The quantitative estimate of drug-likeness (QED) is 0.729. The molecule has 0 saturated carbocycles. The average Bonchev–Trinajstić information content (AvgIpc) is 2.66. The third kappa shape index (κ3) is 6.63. The molecule has 2 rings (SSSR count). The standard InChI is InChI=1S/C21H33N3O3/c1-15(2)17-5-7-18(8-6-17)20(25)23-19(16(3)4)21(26)22-9-10-24-11-13-27-14-12-24/h5-8,15-16,19H,9-14H2,1-4H3,(H,22,26)(H,23,25). The van der Waals surface area contributed by atoms with Crippen LogP contribution in [0.2, 0.25) is 0 Å². The van der Waals surface area contributed by atoms with Gasteiger partial charge in [0.2, 0.25) is 5.91 Å². The van der Waals surface area contributed by atoms with Gasteiger partial charge in [0.15, 0.2) is 0 Å². The summed E-state index contributed by atoms with van der Waals surface area (Å²) in [6.45, 7) is 12.8. The van der Waals surface area contributed by atoms with Crippen LogP contribution in [0.25, 0.3) is 0 Å². The molecule has 0 bridgehead atoms. The van der Waals surface area contributed by atoms with Gasteiger partial charge in [0.1, 0.15) is 6.04 Å². The van der Waals surface area contributed by atoms with Crippen LogP contribution in [0.15, 0.2) is 24.3 Å². The highest BCUT2D eigenvalue weighted by Crippen LogP contribution is 2.15. The lowest BCUT2D eigenvalue weighted by atomic mass is 10.0. The van der Waals surface area contributed by atoms with E-state index in [4.69, 9.17) is 4.74 Å². The third-order valence-electron chi connectivity index (χ3n) is 4.91. The maximum Gasteiger partial charge on any atom is 0.251 e. The molecule has 1 aliphatic rings. The molecule has 1 saturated heterocycles. The van der Waals surface area contributed by atoms with Crippen LogP contribution in [-0.4, -0.2) is 62.1 Å². The second-order valence-corrected chi connectivity index (χ2v) is 7.72. The number of rotatable bonds is 8. The van der Waals surface area contributed by atoms with E-state index < -0.39 is 6.04 Å². The van der Waals surface area contributed by atoms with Crippen molar-refractivity contribution in [3.63, 3.8) is 0 Å². The van der Waals surface area contributed by atoms with Gasteiger partial charge in [-0.05, 0) is 29.5 Å². The first kappa shape index (κ1) is 21.4. The highest BCUT2D eigenvalue weighted by molar-refractivity contribution is 5.97. The monoisotopic (exact) mass is 375 g/mol. The number of nitrogens with one attached hydrogen (secondary N) is 2. The van der Waals surface area contributed by atoms with Gasteiger partial charge in [0, 0.05) is 31.7 Å². The summed E-state index contributed by atoms with van der Waals surface area (Å²) >= 11 is 0. The summed E-state index contributed by atoms with van der Waals surface area (Å²) in [5, 5.41) is 5.84. The first-order valence-corrected chi connectivity index (χ1v) is 9.87. The van der Waals surface area contributed by atoms with E-state index in [1.54, 1.807) is 0 Å². The number of benzene rings is 1. The molecule has 2 N–H and O–H groups in total. The fourth-order valence-electron chi connectivity index (χ4n) is 3.05. The van der Waals surface area contributed by atoms with Gasteiger partial charge >= 0.3 is 0 Å². The van der Waals surface area contributed by atoms with Gasteiger partial charge in [-0.25, -0.2) is 0 Å². The van der Waals surface area contributed by atoms with Crippen LogP contribution in [0.1, 0.15) is 49.5 Å². The Morgan fingerprint density at radius 1 is 1.07 bits per heavy atom. The van der Waals surface area contributed by atoms with Crippen molar-refractivity contribution < 1.29 is 14.3 Å². The normalized spacial score (nSPS) is 16.4. The average molecular weight is 376 g/mol. The van der Waals surface area contributed by atoms with Crippen LogP contribution < -0.4 is 10.6 Å². The predicted molar refractivity (Wildman–Crippen MR) is 107 cm³/mol. The zero-order chi connectivity index (χ0) is 19.8. The minimum Gasteiger partial charge on any atom is -0.379 e. The number of amides is 2. The predicted octanol–water partition coefficient (Wildman–Crippen LogP) is 2.01. The highest BCUT2D eigenvalue weighted by atomic mass is 16.5. The molecular weight excluding hydrogens is 342 g/mol. The van der Waals surface area contributed by atoms with Gasteiger partial charge in [-0.15, -0.1) is 0 Å². The van der Waals surface area contributed by atoms with Crippen LogP contribution in [0.4, 0.5) is 0 Å². The van der Waals surface area contributed by atoms with Crippen molar-refractivity contribution in [2.45, 2.75) is 39.7 Å². The number of carbonyl (C=O) groups is 2. The SMILES string of the molecule is CC(C)c1ccc(C(=O)NC(C(=O)NCCN2CCOCC2)C(C)C)cc1. The van der Waals surface area contributed by atoms with Gasteiger partial charge in [-0.3, -0.25) is 14.5 Å². The molecule has 1 aromatic carbocycles. The Hall–Kier alpha value is -1.92. The smallest absolute Gasteiger partial charge is 0.251 e. The molecule has 6 nitrogen and oxygen atoms in total. The van der Waals surface area contributed by atoms with Crippen molar-refractivity contribution in [1.29, 1.82) is 0 Å². The molecule has 1 atom stereocenters. The van der Waals surface area contributed by atoms with Gasteiger partial charge in [-0.2, -0.15) is 0 Å². The molecule has 6 heteroatoms. The second kappa shape index (κ2) is 10.4. The lowest BCUT2D eigenvalue weighted by Gasteiger charge is -2.27. The summed E-state index contributed by atoms with van der Waals surface area (Å²) in [7, 11) is 0. The molecule has 1 unspecified atom stereocenters. The molecule has 27 heavy (non-hydrogen) atoms. The first-order valence-electron chi connectivity index (χ1n) is 9.87. The first-order chi connectivity index (χ1) is 12.9. The van der Waals surface area contributed by atoms with Crippen LogP contribution in [0, 0.1) is 5.92 Å². The van der Waals surface area contributed by atoms with Crippen molar-refractivity contribution in [3.05, 3.63) is 35.4 Å². The minimum absolute atomic E-state index is 0.00674. The molecule has 1 heterocycles. The van der Waals surface area contributed by atoms with E-state index in [1.165, 1.54) is 5.56 Å². The maximum absolute atomic E-state index is 12.6. The van der Waals surface area contributed by atoms with E-state index in [1.807, 2.05) is 38.1 Å². The number of morpholine rings is 1. The number of hydrogen-bond donors (Lipinski definition) is 2. The van der Waals surface area contributed by atoms with Crippen molar-refractivity contribution in [2.75, 3.05) is 39.4 Å². The Labute approximate surface area is 162 Å². The molecule has 2 amide bonds. The van der Waals surface area contributed by atoms with Crippen LogP contribution >= 0.6 is 0 Å². The van der Waals surface area contributed by atoms with Crippen molar-refractivity contribution in [1.82, 2.24) is 15.5 Å². The fourth-order valence-corrected chi connectivity index (χ4v) is 3.05. The zero-order valence-corrected chi connectivity index (χ0v) is 17.0. The Morgan fingerprint density at radius 2 is 1.70 bits per heavy atom. The molecule has 1 fully saturated rings. The summed E-state index contributed by atoms with van der Waals surface area (Å²) in [6.07, 6.45) is 0. The molecule has 0 aromatic heterocycles. The molecule has 0 aliphatic carbocycles. The lowest BCUT2D eigenvalue weighted by Crippen LogP contribution is -2.51. The van der Waals surface area contributed by atoms with E-state index in [2.05, 4.69) is 29.4 Å². The fraction of sp³-hybridized carbons (Fsp3) is 0.619. The molecule has 150 valence electrons. The van der Waals surface area contributed by atoms with Crippen molar-refractivity contribution >= 4 is 11.8 Å². The van der Waals surface area contributed by atoms with Gasteiger partial charge in [0.25, 0.3) is 5.91 Å². The number of carbonyl (C=O) groups excluding carboxylic acids is 2. The van der Waals surface area contributed by atoms with E-state index in [-0.39, 0.29) is 17.7 Å².